The van der Waals surface area contributed by atoms with E-state index >= 15 is 0 Å². The summed E-state index contributed by atoms with van der Waals surface area (Å²) in [6.07, 6.45) is 5.77. The van der Waals surface area contributed by atoms with Crippen LogP contribution in [0.4, 0.5) is 4.79 Å². The van der Waals surface area contributed by atoms with Crippen LogP contribution in [0.1, 0.15) is 15.5 Å². The third-order valence-electron chi connectivity index (χ3n) is 4.17. The predicted molar refractivity (Wildman–Crippen MR) is 85.2 cm³/mol. The summed E-state index contributed by atoms with van der Waals surface area (Å²) in [6, 6.07) is 1.98. The number of nitrogens with zero attached hydrogens (tertiary/aromatic N) is 5. The van der Waals surface area contributed by atoms with Crippen LogP contribution >= 0.6 is 11.3 Å². The van der Waals surface area contributed by atoms with Gasteiger partial charge in [-0.25, -0.2) is 14.5 Å². The molecule has 7 nitrogen and oxygen atoms in total. The minimum Gasteiger partial charge on any atom is -0.319 e. The Hall–Kier alpha value is -2.48. The number of hydrogen-bond donors (Lipinski definition) is 0. The van der Waals surface area contributed by atoms with E-state index in [4.69, 9.17) is 0 Å². The van der Waals surface area contributed by atoms with Gasteiger partial charge in [0.05, 0.1) is 30.4 Å². The van der Waals surface area contributed by atoms with Gasteiger partial charge in [0.25, 0.3) is 0 Å². The van der Waals surface area contributed by atoms with Crippen LogP contribution in [0.5, 0.6) is 0 Å². The van der Waals surface area contributed by atoms with E-state index < -0.39 is 0 Å². The highest BCUT2D eigenvalue weighted by Gasteiger charge is 2.37. The van der Waals surface area contributed by atoms with E-state index in [0.29, 0.717) is 17.2 Å². The average Bonchev–Trinajstić information content (AvgIpc) is 3.27. The normalized spacial score (nSPS) is 20.1. The van der Waals surface area contributed by atoms with Crippen LogP contribution in [0.25, 0.3) is 5.70 Å². The van der Waals surface area contributed by atoms with Crippen molar-refractivity contribution < 1.29 is 9.59 Å². The van der Waals surface area contributed by atoms with Crippen LogP contribution in [-0.2, 0) is 6.42 Å². The maximum absolute atomic E-state index is 12.1. The molecule has 2 aliphatic rings. The van der Waals surface area contributed by atoms with Crippen LogP contribution in [0.3, 0.4) is 0 Å². The number of fused-ring (bicyclic) bond motifs is 2. The van der Waals surface area contributed by atoms with Crippen molar-refractivity contribution in [3.8, 4) is 0 Å². The molecule has 4 heterocycles. The van der Waals surface area contributed by atoms with Crippen LogP contribution in [0.2, 0.25) is 0 Å². The van der Waals surface area contributed by atoms with E-state index in [9.17, 15) is 9.59 Å². The Kier molecular flexibility index (Phi) is 3.26. The predicted octanol–water partition coefficient (Wildman–Crippen LogP) is 1.36. The van der Waals surface area contributed by atoms with Gasteiger partial charge in [0, 0.05) is 31.4 Å². The van der Waals surface area contributed by atoms with Crippen LogP contribution in [0.15, 0.2) is 29.9 Å². The molecule has 1 atom stereocenters. The van der Waals surface area contributed by atoms with Gasteiger partial charge >= 0.3 is 6.03 Å². The van der Waals surface area contributed by atoms with Crippen molar-refractivity contribution in [3.05, 3.63) is 40.6 Å². The zero-order chi connectivity index (χ0) is 16.0. The van der Waals surface area contributed by atoms with E-state index in [1.54, 1.807) is 21.2 Å². The fourth-order valence-electron chi connectivity index (χ4n) is 2.92. The number of urea groups is 1. The van der Waals surface area contributed by atoms with Gasteiger partial charge in [0.15, 0.2) is 10.8 Å². The van der Waals surface area contributed by atoms with Crippen molar-refractivity contribution in [2.75, 3.05) is 20.1 Å². The fraction of sp³-hybridized carbons (Fsp3) is 0.333. The fourth-order valence-corrected chi connectivity index (χ4v) is 3.50. The number of carbonyl (C=O) groups is 2. The lowest BCUT2D eigenvalue weighted by atomic mass is 10.2. The molecule has 0 aromatic carbocycles. The maximum atomic E-state index is 12.1. The summed E-state index contributed by atoms with van der Waals surface area (Å²) < 4.78 is 1.76. The number of Topliss-reactive ketones (excluding diaryl/α,β-unsaturated/α-hetero) is 1. The largest absolute Gasteiger partial charge is 0.320 e. The monoisotopic (exact) mass is 329 g/mol. The smallest absolute Gasteiger partial charge is 0.319 e. The molecule has 118 valence electrons. The highest BCUT2D eigenvalue weighted by Crippen LogP contribution is 2.25. The lowest BCUT2D eigenvalue weighted by molar-refractivity contribution is 0.0991. The number of amides is 2. The van der Waals surface area contributed by atoms with Gasteiger partial charge in [-0.1, -0.05) is 0 Å². The third kappa shape index (κ3) is 2.44. The lowest BCUT2D eigenvalue weighted by Gasteiger charge is -2.21. The third-order valence-corrected chi connectivity index (χ3v) is 4.98. The molecule has 2 aliphatic heterocycles. The molecule has 2 aromatic heterocycles. The molecule has 0 radical (unpaired) electrons. The second-order valence-corrected chi connectivity index (χ2v) is 6.58. The van der Waals surface area contributed by atoms with Gasteiger partial charge in [-0.2, -0.15) is 5.10 Å². The Morgan fingerprint density at radius 2 is 2.35 bits per heavy atom. The molecule has 4 rings (SSSR count). The summed E-state index contributed by atoms with van der Waals surface area (Å²) in [4.78, 5) is 31.6. The second-order valence-electron chi connectivity index (χ2n) is 5.69. The van der Waals surface area contributed by atoms with Crippen molar-refractivity contribution in [2.45, 2.75) is 12.5 Å². The molecule has 0 spiro atoms. The molecule has 0 saturated carbocycles. The first-order chi connectivity index (χ1) is 11.1. The van der Waals surface area contributed by atoms with Crippen molar-refractivity contribution in [3.63, 3.8) is 0 Å². The summed E-state index contributed by atoms with van der Waals surface area (Å²) in [5, 5.41) is 6.77. The van der Waals surface area contributed by atoms with Gasteiger partial charge in [-0.3, -0.25) is 4.79 Å². The Morgan fingerprint density at radius 1 is 1.48 bits per heavy atom. The molecule has 23 heavy (non-hydrogen) atoms. The molecule has 0 aliphatic carbocycles. The van der Waals surface area contributed by atoms with Crippen LogP contribution < -0.4 is 0 Å². The van der Waals surface area contributed by atoms with Crippen molar-refractivity contribution in [2.24, 2.45) is 0 Å². The molecule has 2 aromatic rings. The highest BCUT2D eigenvalue weighted by atomic mass is 32.1. The van der Waals surface area contributed by atoms with E-state index in [1.807, 2.05) is 24.2 Å². The number of likely N-dealkylation sites (N-methyl/N-ethyl adjacent to an activating group) is 1. The molecule has 1 fully saturated rings. The van der Waals surface area contributed by atoms with E-state index in [1.165, 1.54) is 11.3 Å². The van der Waals surface area contributed by atoms with E-state index in [0.717, 1.165) is 12.2 Å². The molecular formula is C15H15N5O2S. The first-order valence-electron chi connectivity index (χ1n) is 7.32. The molecule has 8 heteroatoms. The summed E-state index contributed by atoms with van der Waals surface area (Å²) in [6.45, 7) is 1.27. The summed E-state index contributed by atoms with van der Waals surface area (Å²) in [5.74, 6) is -0.0263. The van der Waals surface area contributed by atoms with Gasteiger partial charge in [-0.15, -0.1) is 11.3 Å². The molecule has 0 N–H and O–H groups in total. The minimum atomic E-state index is -0.0263. The molecule has 1 unspecified atom stereocenters. The van der Waals surface area contributed by atoms with Gasteiger partial charge < -0.3 is 9.80 Å². The molecular weight excluding hydrogens is 314 g/mol. The first kappa shape index (κ1) is 14.1. The topological polar surface area (TPSA) is 71.3 Å². The molecule has 2 bridgehead atoms. The summed E-state index contributed by atoms with van der Waals surface area (Å²) in [5.41, 5.74) is 1.67. The Labute approximate surface area is 136 Å². The summed E-state index contributed by atoms with van der Waals surface area (Å²) >= 11 is 1.34. The van der Waals surface area contributed by atoms with E-state index in [-0.39, 0.29) is 24.3 Å². The quantitative estimate of drug-likeness (QED) is 0.794. The minimum absolute atomic E-state index is 0.0263. The lowest BCUT2D eigenvalue weighted by Crippen LogP contribution is -2.31. The number of ketones is 1. The standard InChI is InChI=1S/C15H15N5O2S/c1-18-11-7-12(9-19(8-11)15(18)22)20-4-2-10(17-20)6-13(21)14-16-3-5-23-14/h2-5,7,11H,6,8-9H2,1H3. The Bertz CT molecular complexity index is 795. The van der Waals surface area contributed by atoms with E-state index in [2.05, 4.69) is 16.2 Å². The molecule has 1 saturated heterocycles. The second kappa shape index (κ2) is 5.31. The average molecular weight is 329 g/mol. The highest BCUT2D eigenvalue weighted by molar-refractivity contribution is 7.11. The van der Waals surface area contributed by atoms with Gasteiger partial charge in [0.2, 0.25) is 0 Å². The number of hydrogen-bond acceptors (Lipinski definition) is 5. The van der Waals surface area contributed by atoms with Crippen LogP contribution in [0, 0.1) is 0 Å². The summed E-state index contributed by atoms with van der Waals surface area (Å²) in [7, 11) is 1.81. The zero-order valence-electron chi connectivity index (χ0n) is 12.5. The number of carbonyl (C=O) groups excluding carboxylic acids is 2. The Balaban J connectivity index is 1.52. The number of aromatic nitrogens is 3. The van der Waals surface area contributed by atoms with Crippen molar-refractivity contribution in [1.29, 1.82) is 0 Å². The maximum Gasteiger partial charge on any atom is 0.320 e. The van der Waals surface area contributed by atoms with Gasteiger partial charge in [-0.05, 0) is 12.1 Å². The van der Waals surface area contributed by atoms with Gasteiger partial charge in [0.1, 0.15) is 0 Å². The first-order valence-corrected chi connectivity index (χ1v) is 8.20. The van der Waals surface area contributed by atoms with Crippen molar-refractivity contribution in [1.82, 2.24) is 24.6 Å². The zero-order valence-corrected chi connectivity index (χ0v) is 13.4. The Morgan fingerprint density at radius 3 is 3.09 bits per heavy atom. The SMILES string of the molecule is CN1C(=O)N2CC(n3ccc(CC(=O)c4nccs4)n3)=CC1C2. The van der Waals surface area contributed by atoms with Crippen LogP contribution in [-0.4, -0.2) is 62.6 Å². The molecule has 2 amide bonds. The number of rotatable bonds is 4. The van der Waals surface area contributed by atoms with Crippen molar-refractivity contribution >= 4 is 28.8 Å². The number of thiazole rings is 1.